The molecule has 3 nitrogen and oxygen atoms in total. The van der Waals surface area contributed by atoms with Crippen LogP contribution in [0.3, 0.4) is 0 Å². The van der Waals surface area contributed by atoms with E-state index in [0.717, 1.165) is 18.8 Å². The zero-order valence-corrected chi connectivity index (χ0v) is 14.0. The van der Waals surface area contributed by atoms with Crippen LogP contribution in [0, 0.1) is 5.92 Å². The van der Waals surface area contributed by atoms with Crippen LogP contribution in [-0.2, 0) is 4.79 Å². The first-order valence-electron chi connectivity index (χ1n) is 9.23. The summed E-state index contributed by atoms with van der Waals surface area (Å²) in [7, 11) is 0. The van der Waals surface area contributed by atoms with E-state index >= 15 is 0 Å². The lowest BCUT2D eigenvalue weighted by Gasteiger charge is -2.29. The van der Waals surface area contributed by atoms with E-state index in [1.807, 2.05) is 6.92 Å². The third-order valence-electron chi connectivity index (χ3n) is 5.46. The molecule has 1 unspecified atom stereocenters. The third-order valence-corrected chi connectivity index (χ3v) is 5.46. The molecule has 2 rings (SSSR count). The van der Waals surface area contributed by atoms with Gasteiger partial charge in [0.05, 0.1) is 6.04 Å². The number of carbonyl (C=O) groups excluding carboxylic acids is 1. The van der Waals surface area contributed by atoms with E-state index in [4.69, 9.17) is 0 Å². The van der Waals surface area contributed by atoms with Crippen LogP contribution in [0.1, 0.15) is 84.5 Å². The number of hydrogen-bond acceptors (Lipinski definition) is 2. The molecule has 2 aliphatic rings. The third kappa shape index (κ3) is 5.61. The molecular weight excluding hydrogens is 260 g/mol. The van der Waals surface area contributed by atoms with Gasteiger partial charge in [-0.25, -0.2) is 0 Å². The molecule has 2 atom stereocenters. The van der Waals surface area contributed by atoms with E-state index in [9.17, 15) is 4.79 Å². The fourth-order valence-corrected chi connectivity index (χ4v) is 3.99. The molecular formula is C18H34N2O. The van der Waals surface area contributed by atoms with E-state index in [2.05, 4.69) is 17.6 Å². The summed E-state index contributed by atoms with van der Waals surface area (Å²) in [5, 5.41) is 6.79. The lowest BCUT2D eigenvalue weighted by molar-refractivity contribution is -0.124. The molecule has 0 spiro atoms. The van der Waals surface area contributed by atoms with Gasteiger partial charge in [-0.15, -0.1) is 0 Å². The maximum atomic E-state index is 12.3. The molecule has 0 aromatic rings. The van der Waals surface area contributed by atoms with Crippen LogP contribution in [0.2, 0.25) is 0 Å². The maximum absolute atomic E-state index is 12.3. The minimum absolute atomic E-state index is 0.0646. The van der Waals surface area contributed by atoms with Crippen LogP contribution >= 0.6 is 0 Å². The Kier molecular flexibility index (Phi) is 7.01. The van der Waals surface area contributed by atoms with Gasteiger partial charge in [0.2, 0.25) is 5.91 Å². The van der Waals surface area contributed by atoms with Gasteiger partial charge < -0.3 is 10.6 Å². The second kappa shape index (κ2) is 8.77. The predicted octanol–water partition coefficient (Wildman–Crippen LogP) is 3.77. The highest BCUT2D eigenvalue weighted by Crippen LogP contribution is 2.25. The minimum atomic E-state index is -0.0646. The van der Waals surface area contributed by atoms with Gasteiger partial charge in [0.15, 0.2) is 0 Å². The molecule has 0 bridgehead atoms. The first-order chi connectivity index (χ1) is 10.2. The molecule has 0 aromatic carbocycles. The molecule has 21 heavy (non-hydrogen) atoms. The molecule has 122 valence electrons. The van der Waals surface area contributed by atoms with Crippen molar-refractivity contribution in [2.75, 3.05) is 0 Å². The SMILES string of the molecule is CC(N[C@H](C)C1CCCCCC1)C(=O)NC1CCCCC1. The van der Waals surface area contributed by atoms with E-state index in [1.54, 1.807) is 0 Å². The van der Waals surface area contributed by atoms with E-state index < -0.39 is 0 Å². The van der Waals surface area contributed by atoms with Gasteiger partial charge in [-0.05, 0) is 45.4 Å². The summed E-state index contributed by atoms with van der Waals surface area (Å²) in [5.41, 5.74) is 0. The number of nitrogens with one attached hydrogen (secondary N) is 2. The van der Waals surface area contributed by atoms with Gasteiger partial charge >= 0.3 is 0 Å². The Bertz CT molecular complexity index is 304. The van der Waals surface area contributed by atoms with Crippen molar-refractivity contribution < 1.29 is 4.79 Å². The van der Waals surface area contributed by atoms with Crippen molar-refractivity contribution in [3.8, 4) is 0 Å². The summed E-state index contributed by atoms with van der Waals surface area (Å²) in [6.07, 6.45) is 14.3. The summed E-state index contributed by atoms with van der Waals surface area (Å²) in [6, 6.07) is 0.809. The van der Waals surface area contributed by atoms with Crippen molar-refractivity contribution in [1.29, 1.82) is 0 Å². The highest BCUT2D eigenvalue weighted by Gasteiger charge is 2.24. The van der Waals surface area contributed by atoms with Gasteiger partial charge in [-0.3, -0.25) is 4.79 Å². The average molecular weight is 294 g/mol. The molecule has 0 radical (unpaired) electrons. The Morgan fingerprint density at radius 2 is 1.38 bits per heavy atom. The Labute approximate surface area is 130 Å². The summed E-state index contributed by atoms with van der Waals surface area (Å²) < 4.78 is 0. The standard InChI is InChI=1S/C18H34N2O/c1-14(16-10-6-3-4-7-11-16)19-15(2)18(21)20-17-12-8-5-9-13-17/h14-17,19H,3-13H2,1-2H3,(H,20,21)/t14-,15?/m1/s1. The lowest BCUT2D eigenvalue weighted by atomic mass is 9.92. The predicted molar refractivity (Wildman–Crippen MR) is 88.3 cm³/mol. The Balaban J connectivity index is 1.73. The molecule has 2 saturated carbocycles. The number of rotatable bonds is 5. The summed E-state index contributed by atoms with van der Waals surface area (Å²) in [4.78, 5) is 12.3. The van der Waals surface area contributed by atoms with Gasteiger partial charge in [0.25, 0.3) is 0 Å². The Morgan fingerprint density at radius 3 is 2.00 bits per heavy atom. The minimum Gasteiger partial charge on any atom is -0.352 e. The van der Waals surface area contributed by atoms with Gasteiger partial charge in [-0.1, -0.05) is 44.9 Å². The van der Waals surface area contributed by atoms with E-state index in [-0.39, 0.29) is 11.9 Å². The normalized spacial score (nSPS) is 25.0. The molecule has 1 amide bonds. The summed E-state index contributed by atoms with van der Waals surface area (Å²) in [5.74, 6) is 0.944. The molecule has 2 N–H and O–H groups in total. The van der Waals surface area contributed by atoms with Gasteiger partial charge in [-0.2, -0.15) is 0 Å². The highest BCUT2D eigenvalue weighted by molar-refractivity contribution is 5.81. The molecule has 2 fully saturated rings. The zero-order valence-electron chi connectivity index (χ0n) is 14.0. The first-order valence-corrected chi connectivity index (χ1v) is 9.23. The van der Waals surface area contributed by atoms with Crippen molar-refractivity contribution in [3.63, 3.8) is 0 Å². The Hall–Kier alpha value is -0.570. The lowest BCUT2D eigenvalue weighted by Crippen LogP contribution is -2.50. The number of carbonyl (C=O) groups is 1. The van der Waals surface area contributed by atoms with Crippen LogP contribution in [0.5, 0.6) is 0 Å². The van der Waals surface area contributed by atoms with Crippen molar-refractivity contribution in [2.24, 2.45) is 5.92 Å². The van der Waals surface area contributed by atoms with Gasteiger partial charge in [0.1, 0.15) is 0 Å². The van der Waals surface area contributed by atoms with Crippen LogP contribution < -0.4 is 10.6 Å². The largest absolute Gasteiger partial charge is 0.352 e. The first kappa shape index (κ1) is 16.8. The molecule has 0 aromatic heterocycles. The van der Waals surface area contributed by atoms with Crippen molar-refractivity contribution in [3.05, 3.63) is 0 Å². The van der Waals surface area contributed by atoms with Crippen molar-refractivity contribution >= 4 is 5.91 Å². The monoisotopic (exact) mass is 294 g/mol. The fourth-order valence-electron chi connectivity index (χ4n) is 3.99. The summed E-state index contributed by atoms with van der Waals surface area (Å²) in [6.45, 7) is 4.28. The van der Waals surface area contributed by atoms with Crippen LogP contribution in [0.15, 0.2) is 0 Å². The van der Waals surface area contributed by atoms with Crippen LogP contribution in [-0.4, -0.2) is 24.0 Å². The van der Waals surface area contributed by atoms with Gasteiger partial charge in [0, 0.05) is 12.1 Å². The molecule has 0 saturated heterocycles. The second-order valence-corrected chi connectivity index (χ2v) is 7.27. The molecule has 2 aliphatic carbocycles. The molecule has 3 heteroatoms. The number of amides is 1. The van der Waals surface area contributed by atoms with Crippen LogP contribution in [0.25, 0.3) is 0 Å². The number of hydrogen-bond donors (Lipinski definition) is 2. The quantitative estimate of drug-likeness (QED) is 0.758. The van der Waals surface area contributed by atoms with Crippen LogP contribution in [0.4, 0.5) is 0 Å². The fraction of sp³-hybridized carbons (Fsp3) is 0.944. The smallest absolute Gasteiger partial charge is 0.237 e. The highest BCUT2D eigenvalue weighted by atomic mass is 16.2. The summed E-state index contributed by atoms with van der Waals surface area (Å²) >= 11 is 0. The maximum Gasteiger partial charge on any atom is 0.237 e. The average Bonchev–Trinajstić information content (AvgIpc) is 2.77. The van der Waals surface area contributed by atoms with E-state index in [1.165, 1.54) is 57.8 Å². The van der Waals surface area contributed by atoms with Crippen molar-refractivity contribution in [2.45, 2.75) is 103 Å². The molecule has 0 heterocycles. The van der Waals surface area contributed by atoms with E-state index in [0.29, 0.717) is 12.1 Å². The zero-order chi connectivity index (χ0) is 15.1. The van der Waals surface area contributed by atoms with Crippen molar-refractivity contribution in [1.82, 2.24) is 10.6 Å². The second-order valence-electron chi connectivity index (χ2n) is 7.27. The molecule has 0 aliphatic heterocycles. The Morgan fingerprint density at radius 1 is 0.857 bits per heavy atom. The topological polar surface area (TPSA) is 41.1 Å².